The molecular weight excluding hydrogens is 266 g/mol. The van der Waals surface area contributed by atoms with E-state index in [1.807, 2.05) is 30.3 Å². The molecule has 1 heterocycles. The highest BCUT2D eigenvalue weighted by molar-refractivity contribution is 5.87. The first-order valence-electron chi connectivity index (χ1n) is 6.73. The summed E-state index contributed by atoms with van der Waals surface area (Å²) in [6.07, 6.45) is 5.66. The summed E-state index contributed by atoms with van der Waals surface area (Å²) in [7, 11) is 0. The molecule has 0 aliphatic heterocycles. The smallest absolute Gasteiger partial charge is 0.330 e. The molecule has 4 nitrogen and oxygen atoms in total. The fourth-order valence-electron chi connectivity index (χ4n) is 1.87. The third kappa shape index (κ3) is 4.26. The van der Waals surface area contributed by atoms with Crippen LogP contribution in [0.25, 0.3) is 6.08 Å². The molecule has 1 N–H and O–H groups in total. The molecule has 1 atom stereocenters. The molecule has 1 aromatic carbocycles. The van der Waals surface area contributed by atoms with Crippen molar-refractivity contribution in [1.29, 1.82) is 0 Å². The fourth-order valence-corrected chi connectivity index (χ4v) is 1.87. The first-order valence-corrected chi connectivity index (χ1v) is 6.73. The molecule has 0 aliphatic rings. The average Bonchev–Trinajstić information content (AvgIpc) is 2.54. The molecule has 4 heteroatoms. The molecule has 21 heavy (non-hydrogen) atoms. The van der Waals surface area contributed by atoms with Crippen LogP contribution in [0.4, 0.5) is 0 Å². The number of carbonyl (C=O) groups is 1. The SMILES string of the molecule is CCOC(=O)/C=C/c1ccc(C(O)c2cccnc2)cc1. The number of rotatable bonds is 5. The minimum absolute atomic E-state index is 0.361. The lowest BCUT2D eigenvalue weighted by molar-refractivity contribution is -0.137. The normalized spacial score (nSPS) is 12.3. The van der Waals surface area contributed by atoms with Gasteiger partial charge in [0.1, 0.15) is 6.10 Å². The molecule has 0 saturated heterocycles. The quantitative estimate of drug-likeness (QED) is 0.677. The molecule has 0 aliphatic carbocycles. The number of nitrogens with zero attached hydrogens (tertiary/aromatic N) is 1. The zero-order chi connectivity index (χ0) is 15.1. The number of aromatic nitrogens is 1. The summed E-state index contributed by atoms with van der Waals surface area (Å²) in [4.78, 5) is 15.2. The van der Waals surface area contributed by atoms with Crippen molar-refractivity contribution in [2.45, 2.75) is 13.0 Å². The van der Waals surface area contributed by atoms with Gasteiger partial charge in [0.15, 0.2) is 0 Å². The highest BCUT2D eigenvalue weighted by atomic mass is 16.5. The van der Waals surface area contributed by atoms with Crippen molar-refractivity contribution in [2.75, 3.05) is 6.61 Å². The summed E-state index contributed by atoms with van der Waals surface area (Å²) in [5.74, 6) is -0.364. The monoisotopic (exact) mass is 283 g/mol. The maximum Gasteiger partial charge on any atom is 0.330 e. The van der Waals surface area contributed by atoms with Crippen LogP contribution in [0, 0.1) is 0 Å². The zero-order valence-corrected chi connectivity index (χ0v) is 11.8. The van der Waals surface area contributed by atoms with Gasteiger partial charge in [0.05, 0.1) is 6.61 Å². The van der Waals surface area contributed by atoms with Crippen LogP contribution >= 0.6 is 0 Å². The lowest BCUT2D eigenvalue weighted by Gasteiger charge is -2.10. The summed E-state index contributed by atoms with van der Waals surface area (Å²) in [5, 5.41) is 10.2. The summed E-state index contributed by atoms with van der Waals surface area (Å²) < 4.78 is 4.81. The first-order chi connectivity index (χ1) is 10.2. The van der Waals surface area contributed by atoms with Gasteiger partial charge in [0.25, 0.3) is 0 Å². The lowest BCUT2D eigenvalue weighted by Crippen LogP contribution is -2.00. The van der Waals surface area contributed by atoms with Crippen LogP contribution in [-0.2, 0) is 9.53 Å². The van der Waals surface area contributed by atoms with Gasteiger partial charge in [-0.3, -0.25) is 4.98 Å². The molecule has 2 rings (SSSR count). The van der Waals surface area contributed by atoms with Gasteiger partial charge in [0, 0.05) is 24.0 Å². The second-order valence-corrected chi connectivity index (χ2v) is 4.44. The molecule has 0 spiro atoms. The van der Waals surface area contributed by atoms with E-state index in [4.69, 9.17) is 4.74 Å². The van der Waals surface area contributed by atoms with E-state index in [0.717, 1.165) is 16.7 Å². The van der Waals surface area contributed by atoms with Gasteiger partial charge in [0.2, 0.25) is 0 Å². The lowest BCUT2D eigenvalue weighted by atomic mass is 10.0. The van der Waals surface area contributed by atoms with Crippen LogP contribution in [0.2, 0.25) is 0 Å². The summed E-state index contributed by atoms with van der Waals surface area (Å²) >= 11 is 0. The number of aliphatic hydroxyl groups is 1. The largest absolute Gasteiger partial charge is 0.463 e. The van der Waals surface area contributed by atoms with E-state index in [2.05, 4.69) is 4.98 Å². The maximum atomic E-state index is 11.2. The van der Waals surface area contributed by atoms with E-state index in [9.17, 15) is 9.90 Å². The van der Waals surface area contributed by atoms with E-state index < -0.39 is 6.10 Å². The van der Waals surface area contributed by atoms with Gasteiger partial charge >= 0.3 is 5.97 Å². The second kappa shape index (κ2) is 7.36. The van der Waals surface area contributed by atoms with Crippen LogP contribution in [0.15, 0.2) is 54.9 Å². The number of benzene rings is 1. The van der Waals surface area contributed by atoms with Crippen molar-refractivity contribution in [1.82, 2.24) is 4.98 Å². The molecule has 0 radical (unpaired) electrons. The van der Waals surface area contributed by atoms with Crippen LogP contribution in [0.1, 0.15) is 29.7 Å². The summed E-state index contributed by atoms with van der Waals surface area (Å²) in [6, 6.07) is 10.9. The Morgan fingerprint density at radius 3 is 2.67 bits per heavy atom. The number of esters is 1. The topological polar surface area (TPSA) is 59.4 Å². The highest BCUT2D eigenvalue weighted by Crippen LogP contribution is 2.21. The van der Waals surface area contributed by atoms with Gasteiger partial charge in [-0.1, -0.05) is 30.3 Å². The average molecular weight is 283 g/mol. The van der Waals surface area contributed by atoms with Crippen molar-refractivity contribution < 1.29 is 14.6 Å². The molecule has 0 fully saturated rings. The van der Waals surface area contributed by atoms with Crippen LogP contribution in [-0.4, -0.2) is 22.7 Å². The Hall–Kier alpha value is -2.46. The molecule has 1 aromatic heterocycles. The highest BCUT2D eigenvalue weighted by Gasteiger charge is 2.09. The molecule has 108 valence electrons. The Labute approximate surface area is 123 Å². The fraction of sp³-hybridized carbons (Fsp3) is 0.176. The summed E-state index contributed by atoms with van der Waals surface area (Å²) in [5.41, 5.74) is 2.38. The van der Waals surface area contributed by atoms with Crippen molar-refractivity contribution in [3.8, 4) is 0 Å². The standard InChI is InChI=1S/C17H17NO3/c1-2-21-16(19)10-7-13-5-8-14(9-6-13)17(20)15-4-3-11-18-12-15/h3-12,17,20H,2H2,1H3/b10-7+. The van der Waals surface area contributed by atoms with E-state index in [-0.39, 0.29) is 5.97 Å². The number of aliphatic hydroxyl groups excluding tert-OH is 1. The van der Waals surface area contributed by atoms with Crippen molar-refractivity contribution in [3.63, 3.8) is 0 Å². The number of hydrogen-bond acceptors (Lipinski definition) is 4. The predicted molar refractivity (Wildman–Crippen MR) is 80.4 cm³/mol. The Balaban J connectivity index is 2.07. The van der Waals surface area contributed by atoms with Gasteiger partial charge in [-0.15, -0.1) is 0 Å². The Kier molecular flexibility index (Phi) is 5.23. The van der Waals surface area contributed by atoms with Gasteiger partial charge in [-0.25, -0.2) is 4.79 Å². The second-order valence-electron chi connectivity index (χ2n) is 4.44. The van der Waals surface area contributed by atoms with Crippen molar-refractivity contribution >= 4 is 12.0 Å². The van der Waals surface area contributed by atoms with Crippen LogP contribution in [0.5, 0.6) is 0 Å². The van der Waals surface area contributed by atoms with Gasteiger partial charge < -0.3 is 9.84 Å². The molecule has 0 saturated carbocycles. The Morgan fingerprint density at radius 1 is 1.29 bits per heavy atom. The van der Waals surface area contributed by atoms with Crippen molar-refractivity contribution in [3.05, 3.63) is 71.6 Å². The maximum absolute atomic E-state index is 11.2. The third-order valence-electron chi connectivity index (χ3n) is 2.95. The van der Waals surface area contributed by atoms with E-state index >= 15 is 0 Å². The molecular formula is C17H17NO3. The molecule has 0 amide bonds. The van der Waals surface area contributed by atoms with E-state index in [1.54, 1.807) is 31.5 Å². The van der Waals surface area contributed by atoms with Gasteiger partial charge in [-0.05, 0) is 30.2 Å². The van der Waals surface area contributed by atoms with E-state index in [1.165, 1.54) is 6.08 Å². The minimum atomic E-state index is -0.707. The Bertz CT molecular complexity index is 606. The van der Waals surface area contributed by atoms with Crippen molar-refractivity contribution in [2.24, 2.45) is 0 Å². The first kappa shape index (κ1) is 14.9. The molecule has 2 aromatic rings. The minimum Gasteiger partial charge on any atom is -0.463 e. The predicted octanol–water partition coefficient (Wildman–Crippen LogP) is 2.74. The van der Waals surface area contributed by atoms with E-state index in [0.29, 0.717) is 6.61 Å². The zero-order valence-electron chi connectivity index (χ0n) is 11.8. The number of carbonyl (C=O) groups excluding carboxylic acids is 1. The van der Waals surface area contributed by atoms with Crippen LogP contribution < -0.4 is 0 Å². The number of ether oxygens (including phenoxy) is 1. The number of pyridine rings is 1. The number of hydrogen-bond donors (Lipinski definition) is 1. The van der Waals surface area contributed by atoms with Crippen LogP contribution in [0.3, 0.4) is 0 Å². The molecule has 0 bridgehead atoms. The molecule has 1 unspecified atom stereocenters. The third-order valence-corrected chi connectivity index (χ3v) is 2.95. The van der Waals surface area contributed by atoms with Gasteiger partial charge in [-0.2, -0.15) is 0 Å². The summed E-state index contributed by atoms with van der Waals surface area (Å²) in [6.45, 7) is 2.12. The Morgan fingerprint density at radius 2 is 2.05 bits per heavy atom.